The van der Waals surface area contributed by atoms with Gasteiger partial charge in [-0.1, -0.05) is 23.7 Å². The molecule has 1 aliphatic rings. The van der Waals surface area contributed by atoms with Gasteiger partial charge in [-0.15, -0.1) is 0 Å². The second-order valence-electron chi connectivity index (χ2n) is 9.03. The SMILES string of the molecule is O=C(Nc1cc(CN2C(=O)c3ccc(Cl)cc3NC(=O)C2Cc2ccccn2)ccc1C(=O)O)c1cccnc1. The number of carboxylic acids is 1. The smallest absolute Gasteiger partial charge is 0.337 e. The first-order chi connectivity index (χ1) is 19.3. The van der Waals surface area contributed by atoms with Crippen molar-refractivity contribution in [3.8, 4) is 0 Å². The summed E-state index contributed by atoms with van der Waals surface area (Å²) < 4.78 is 0. The van der Waals surface area contributed by atoms with Gasteiger partial charge in [-0.25, -0.2) is 4.79 Å². The minimum Gasteiger partial charge on any atom is -0.478 e. The van der Waals surface area contributed by atoms with E-state index in [1.807, 2.05) is 0 Å². The molecule has 0 saturated carbocycles. The molecule has 200 valence electrons. The zero-order chi connectivity index (χ0) is 28.2. The van der Waals surface area contributed by atoms with Crippen LogP contribution in [0.1, 0.15) is 42.3 Å². The van der Waals surface area contributed by atoms with E-state index < -0.39 is 29.7 Å². The Hall–Kier alpha value is -5.09. The molecule has 2 aromatic heterocycles. The number of benzene rings is 2. The van der Waals surface area contributed by atoms with E-state index in [0.29, 0.717) is 22.0 Å². The Bertz CT molecular complexity index is 1610. The number of fused-ring (bicyclic) bond motifs is 1. The number of aromatic nitrogens is 2. The van der Waals surface area contributed by atoms with Crippen LogP contribution in [0.3, 0.4) is 0 Å². The highest BCUT2D eigenvalue weighted by molar-refractivity contribution is 6.31. The number of nitrogens with zero attached hydrogens (tertiary/aromatic N) is 3. The number of rotatable bonds is 7. The monoisotopic (exact) mass is 555 g/mol. The Morgan fingerprint density at radius 1 is 1.02 bits per heavy atom. The fourth-order valence-electron chi connectivity index (χ4n) is 4.43. The van der Waals surface area contributed by atoms with Crippen LogP contribution in [0.4, 0.5) is 11.4 Å². The molecule has 1 unspecified atom stereocenters. The van der Waals surface area contributed by atoms with Crippen LogP contribution < -0.4 is 10.6 Å². The fourth-order valence-corrected chi connectivity index (χ4v) is 4.60. The van der Waals surface area contributed by atoms with Crippen molar-refractivity contribution in [1.82, 2.24) is 14.9 Å². The van der Waals surface area contributed by atoms with Crippen molar-refractivity contribution >= 4 is 46.7 Å². The molecule has 4 aromatic rings. The second kappa shape index (κ2) is 11.3. The number of hydrogen-bond donors (Lipinski definition) is 3. The maximum absolute atomic E-state index is 13.8. The van der Waals surface area contributed by atoms with E-state index in [-0.39, 0.29) is 35.3 Å². The van der Waals surface area contributed by atoms with Crippen molar-refractivity contribution in [2.45, 2.75) is 19.0 Å². The van der Waals surface area contributed by atoms with E-state index in [1.165, 1.54) is 35.5 Å². The van der Waals surface area contributed by atoms with Crippen molar-refractivity contribution in [2.24, 2.45) is 0 Å². The Morgan fingerprint density at radius 2 is 1.88 bits per heavy atom. The molecule has 1 atom stereocenters. The fraction of sp³-hybridized carbons (Fsp3) is 0.103. The quantitative estimate of drug-likeness (QED) is 0.309. The number of carboxylic acid groups (broad SMARTS) is 1. The van der Waals surface area contributed by atoms with Gasteiger partial charge in [0.15, 0.2) is 0 Å². The van der Waals surface area contributed by atoms with Gasteiger partial charge in [-0.05, 0) is 60.2 Å². The average molecular weight is 556 g/mol. The molecular weight excluding hydrogens is 534 g/mol. The lowest BCUT2D eigenvalue weighted by Crippen LogP contribution is -2.46. The molecule has 0 radical (unpaired) electrons. The summed E-state index contributed by atoms with van der Waals surface area (Å²) in [5.41, 5.74) is 1.81. The summed E-state index contributed by atoms with van der Waals surface area (Å²) >= 11 is 6.13. The molecule has 2 aromatic carbocycles. The zero-order valence-corrected chi connectivity index (χ0v) is 21.6. The Labute approximate surface area is 233 Å². The summed E-state index contributed by atoms with van der Waals surface area (Å²) in [6.45, 7) is -0.0541. The number of carbonyl (C=O) groups excluding carboxylic acids is 3. The van der Waals surface area contributed by atoms with Gasteiger partial charge in [0.1, 0.15) is 6.04 Å². The zero-order valence-electron chi connectivity index (χ0n) is 20.9. The molecule has 0 fully saturated rings. The number of hydrogen-bond acceptors (Lipinski definition) is 6. The third-order valence-electron chi connectivity index (χ3n) is 6.38. The highest BCUT2D eigenvalue weighted by Gasteiger charge is 2.36. The van der Waals surface area contributed by atoms with Gasteiger partial charge in [0.25, 0.3) is 11.8 Å². The van der Waals surface area contributed by atoms with Crippen molar-refractivity contribution in [2.75, 3.05) is 10.6 Å². The lowest BCUT2D eigenvalue weighted by molar-refractivity contribution is -0.120. The lowest BCUT2D eigenvalue weighted by atomic mass is 10.0. The van der Waals surface area contributed by atoms with Gasteiger partial charge in [0.05, 0.1) is 28.1 Å². The van der Waals surface area contributed by atoms with Crippen molar-refractivity contribution in [3.63, 3.8) is 0 Å². The van der Waals surface area contributed by atoms with Crippen molar-refractivity contribution in [3.05, 3.63) is 118 Å². The second-order valence-corrected chi connectivity index (χ2v) is 9.47. The highest BCUT2D eigenvalue weighted by atomic mass is 35.5. The van der Waals surface area contributed by atoms with E-state index in [0.717, 1.165) is 0 Å². The van der Waals surface area contributed by atoms with Crippen LogP contribution in [-0.4, -0.2) is 49.7 Å². The number of pyridine rings is 2. The van der Waals surface area contributed by atoms with Gasteiger partial charge in [-0.3, -0.25) is 24.4 Å². The molecule has 0 bridgehead atoms. The van der Waals surface area contributed by atoms with E-state index >= 15 is 0 Å². The lowest BCUT2D eigenvalue weighted by Gasteiger charge is -2.29. The van der Waals surface area contributed by atoms with Gasteiger partial charge < -0.3 is 20.6 Å². The molecule has 0 aliphatic carbocycles. The normalized spacial score (nSPS) is 14.6. The predicted molar refractivity (Wildman–Crippen MR) is 147 cm³/mol. The van der Waals surface area contributed by atoms with E-state index in [1.54, 1.807) is 54.7 Å². The van der Waals surface area contributed by atoms with E-state index in [9.17, 15) is 24.3 Å². The average Bonchev–Trinajstić information content (AvgIpc) is 3.04. The minimum atomic E-state index is -1.24. The third kappa shape index (κ3) is 5.67. The summed E-state index contributed by atoms with van der Waals surface area (Å²) in [5.74, 6) is -2.63. The molecule has 0 spiro atoms. The summed E-state index contributed by atoms with van der Waals surface area (Å²) in [5, 5.41) is 15.5. The summed E-state index contributed by atoms with van der Waals surface area (Å²) in [4.78, 5) is 61.6. The molecule has 11 heteroatoms. The Kier molecular flexibility index (Phi) is 7.52. The molecule has 0 saturated heterocycles. The first kappa shape index (κ1) is 26.5. The molecule has 40 heavy (non-hydrogen) atoms. The standard InChI is InChI=1S/C29H22ClN5O5/c30-19-7-9-21-24(13-19)34-27(37)25(14-20-5-1-2-11-32-20)35(28(21)38)16-17-6-8-22(29(39)40)23(12-17)33-26(36)18-4-3-10-31-15-18/h1-13,15,25H,14,16H2,(H,33,36)(H,34,37)(H,39,40). The van der Waals surface area contributed by atoms with Crippen molar-refractivity contribution in [1.29, 1.82) is 0 Å². The molecule has 3 N–H and O–H groups in total. The molecule has 1 aliphatic heterocycles. The molecule has 10 nitrogen and oxygen atoms in total. The number of halogens is 1. The number of anilines is 2. The van der Waals surface area contributed by atoms with Crippen LogP contribution in [0, 0.1) is 0 Å². The molecule has 3 heterocycles. The van der Waals surface area contributed by atoms with Crippen LogP contribution in [0.2, 0.25) is 5.02 Å². The highest BCUT2D eigenvalue weighted by Crippen LogP contribution is 2.29. The van der Waals surface area contributed by atoms with Crippen LogP contribution in [0.25, 0.3) is 0 Å². The molecule has 3 amide bonds. The summed E-state index contributed by atoms with van der Waals surface area (Å²) in [7, 11) is 0. The number of amides is 3. The van der Waals surface area contributed by atoms with E-state index in [4.69, 9.17) is 11.6 Å². The minimum absolute atomic E-state index is 0.0408. The first-order valence-electron chi connectivity index (χ1n) is 12.2. The van der Waals surface area contributed by atoms with Crippen molar-refractivity contribution < 1.29 is 24.3 Å². The van der Waals surface area contributed by atoms with Gasteiger partial charge in [0, 0.05) is 42.3 Å². The summed E-state index contributed by atoms with van der Waals surface area (Å²) in [6, 6.07) is 16.5. The predicted octanol–water partition coefficient (Wildman–Crippen LogP) is 4.29. The molecular formula is C29H22ClN5O5. The number of aromatic carboxylic acids is 1. The van der Waals surface area contributed by atoms with Crippen LogP contribution in [0.15, 0.2) is 85.3 Å². The van der Waals surface area contributed by atoms with E-state index in [2.05, 4.69) is 20.6 Å². The maximum Gasteiger partial charge on any atom is 0.337 e. The van der Waals surface area contributed by atoms with Gasteiger partial charge in [0.2, 0.25) is 5.91 Å². The number of carbonyl (C=O) groups is 4. The van der Waals surface area contributed by atoms with Gasteiger partial charge >= 0.3 is 5.97 Å². The Balaban J connectivity index is 1.52. The van der Waals surface area contributed by atoms with Crippen LogP contribution >= 0.6 is 11.6 Å². The van der Waals surface area contributed by atoms with Crippen LogP contribution in [0.5, 0.6) is 0 Å². The molecule has 5 rings (SSSR count). The Morgan fingerprint density at radius 3 is 2.60 bits per heavy atom. The van der Waals surface area contributed by atoms with Gasteiger partial charge in [-0.2, -0.15) is 0 Å². The maximum atomic E-state index is 13.8. The largest absolute Gasteiger partial charge is 0.478 e. The summed E-state index contributed by atoms with van der Waals surface area (Å²) in [6.07, 6.45) is 4.62. The topological polar surface area (TPSA) is 142 Å². The first-order valence-corrected chi connectivity index (χ1v) is 12.6. The number of nitrogens with one attached hydrogen (secondary N) is 2. The van der Waals surface area contributed by atoms with Crippen LogP contribution in [-0.2, 0) is 17.8 Å². The third-order valence-corrected chi connectivity index (χ3v) is 6.61.